The van der Waals surface area contributed by atoms with Gasteiger partial charge in [-0.2, -0.15) is 0 Å². The summed E-state index contributed by atoms with van der Waals surface area (Å²) in [5, 5.41) is 0.423. The molecular formula is C12H20O6P2. The van der Waals surface area contributed by atoms with Crippen LogP contribution in [0.1, 0.15) is 11.1 Å². The van der Waals surface area contributed by atoms with Crippen molar-refractivity contribution in [1.29, 1.82) is 0 Å². The molecule has 0 aliphatic rings. The van der Waals surface area contributed by atoms with Crippen LogP contribution in [0, 0.1) is 13.8 Å². The van der Waals surface area contributed by atoms with E-state index in [0.29, 0.717) is 5.56 Å². The van der Waals surface area contributed by atoms with Crippen LogP contribution in [0.4, 0.5) is 0 Å². The molecule has 0 amide bonds. The summed E-state index contributed by atoms with van der Waals surface area (Å²) in [4.78, 5) is 0. The van der Waals surface area contributed by atoms with E-state index in [1.165, 1.54) is 28.4 Å². The van der Waals surface area contributed by atoms with Crippen molar-refractivity contribution in [2.75, 3.05) is 28.4 Å². The molecule has 1 aromatic rings. The lowest BCUT2D eigenvalue weighted by atomic mass is 10.1. The van der Waals surface area contributed by atoms with Crippen molar-refractivity contribution in [3.05, 3.63) is 23.3 Å². The lowest BCUT2D eigenvalue weighted by molar-refractivity contribution is 0.283. The van der Waals surface area contributed by atoms with Gasteiger partial charge in [-0.15, -0.1) is 0 Å². The molecule has 1 aromatic carbocycles. The molecule has 0 aromatic heterocycles. The Morgan fingerprint density at radius 3 is 1.65 bits per heavy atom. The van der Waals surface area contributed by atoms with Crippen LogP contribution in [-0.2, 0) is 27.2 Å². The number of hydrogen-bond donors (Lipinski definition) is 0. The Labute approximate surface area is 119 Å². The van der Waals surface area contributed by atoms with Gasteiger partial charge in [0.25, 0.3) is 0 Å². The summed E-state index contributed by atoms with van der Waals surface area (Å²) in [5.41, 5.74) is 1.54. The van der Waals surface area contributed by atoms with E-state index in [2.05, 4.69) is 0 Å². The van der Waals surface area contributed by atoms with Crippen LogP contribution < -0.4 is 10.6 Å². The highest BCUT2D eigenvalue weighted by Crippen LogP contribution is 2.52. The van der Waals surface area contributed by atoms with E-state index in [1.54, 1.807) is 19.1 Å². The normalized spacial score (nSPS) is 12.7. The van der Waals surface area contributed by atoms with Crippen LogP contribution in [0.15, 0.2) is 12.1 Å². The minimum Gasteiger partial charge on any atom is -0.309 e. The average Bonchev–Trinajstić information content (AvgIpc) is 2.48. The zero-order valence-electron chi connectivity index (χ0n) is 12.5. The van der Waals surface area contributed by atoms with Gasteiger partial charge < -0.3 is 18.1 Å². The third-order valence-electron chi connectivity index (χ3n) is 3.21. The minimum absolute atomic E-state index is 0.192. The van der Waals surface area contributed by atoms with E-state index in [9.17, 15) is 9.13 Å². The Hall–Kier alpha value is -0.480. The summed E-state index contributed by atoms with van der Waals surface area (Å²) in [5.74, 6) is 0. The summed E-state index contributed by atoms with van der Waals surface area (Å²) in [6, 6.07) is 3.32. The molecular weight excluding hydrogens is 302 g/mol. The topological polar surface area (TPSA) is 71.1 Å². The van der Waals surface area contributed by atoms with Gasteiger partial charge in [-0.25, -0.2) is 0 Å². The Kier molecular flexibility index (Phi) is 5.73. The third kappa shape index (κ3) is 2.91. The van der Waals surface area contributed by atoms with Gasteiger partial charge in [-0.1, -0.05) is 6.07 Å². The van der Waals surface area contributed by atoms with Gasteiger partial charge in [0, 0.05) is 28.4 Å². The van der Waals surface area contributed by atoms with E-state index in [4.69, 9.17) is 18.1 Å². The fourth-order valence-corrected chi connectivity index (χ4v) is 5.30. The van der Waals surface area contributed by atoms with Crippen LogP contribution in [0.25, 0.3) is 0 Å². The Morgan fingerprint density at radius 1 is 0.800 bits per heavy atom. The predicted octanol–water partition coefficient (Wildman–Crippen LogP) is 2.53. The van der Waals surface area contributed by atoms with E-state index in [-0.39, 0.29) is 10.6 Å². The minimum atomic E-state index is -3.59. The fourth-order valence-electron chi connectivity index (χ4n) is 1.88. The third-order valence-corrected chi connectivity index (χ3v) is 7.40. The summed E-state index contributed by atoms with van der Waals surface area (Å²) in [7, 11) is -2.06. The summed E-state index contributed by atoms with van der Waals surface area (Å²) in [6.45, 7) is 3.61. The molecule has 0 N–H and O–H groups in total. The molecule has 0 fully saturated rings. The largest absolute Gasteiger partial charge is 0.362 e. The second kappa shape index (κ2) is 6.52. The molecule has 0 bridgehead atoms. The first-order valence-corrected chi connectivity index (χ1v) is 8.92. The highest BCUT2D eigenvalue weighted by molar-refractivity contribution is 7.68. The number of aryl methyl sites for hydroxylation is 1. The van der Waals surface area contributed by atoms with Gasteiger partial charge >= 0.3 is 15.2 Å². The van der Waals surface area contributed by atoms with E-state index in [0.717, 1.165) is 5.56 Å². The maximum Gasteiger partial charge on any atom is 0.362 e. The SMILES string of the molecule is COP(=O)(OC)c1ccc(C)c(C)c1P(=O)(OC)OC. The molecule has 0 saturated heterocycles. The molecule has 8 heteroatoms. The molecule has 0 heterocycles. The van der Waals surface area contributed by atoms with Crippen molar-refractivity contribution in [2.45, 2.75) is 13.8 Å². The second-order valence-corrected chi connectivity index (χ2v) is 8.48. The first-order valence-electron chi connectivity index (χ1n) is 5.84. The van der Waals surface area contributed by atoms with Gasteiger partial charge in [0.15, 0.2) is 0 Å². The zero-order chi connectivity index (χ0) is 15.6. The molecule has 0 atom stereocenters. The quantitative estimate of drug-likeness (QED) is 0.750. The molecule has 0 aliphatic heterocycles. The number of rotatable bonds is 6. The smallest absolute Gasteiger partial charge is 0.309 e. The van der Waals surface area contributed by atoms with Gasteiger partial charge in [0.1, 0.15) is 0 Å². The summed E-state index contributed by atoms with van der Waals surface area (Å²) >= 11 is 0. The van der Waals surface area contributed by atoms with Crippen molar-refractivity contribution < 1.29 is 27.2 Å². The molecule has 114 valence electrons. The molecule has 0 unspecified atom stereocenters. The number of hydrogen-bond acceptors (Lipinski definition) is 6. The van der Waals surface area contributed by atoms with E-state index < -0.39 is 15.2 Å². The first-order chi connectivity index (χ1) is 9.29. The second-order valence-electron chi connectivity index (χ2n) is 4.10. The summed E-state index contributed by atoms with van der Waals surface area (Å²) in [6.07, 6.45) is 0. The Morgan fingerprint density at radius 2 is 1.25 bits per heavy atom. The van der Waals surface area contributed by atoms with Crippen molar-refractivity contribution in [2.24, 2.45) is 0 Å². The van der Waals surface area contributed by atoms with Gasteiger partial charge in [0.2, 0.25) is 0 Å². The zero-order valence-corrected chi connectivity index (χ0v) is 14.3. The van der Waals surface area contributed by atoms with E-state index >= 15 is 0 Å². The first kappa shape index (κ1) is 17.6. The maximum atomic E-state index is 12.7. The van der Waals surface area contributed by atoms with Gasteiger partial charge in [0.05, 0.1) is 10.6 Å². The molecule has 0 spiro atoms. The average molecular weight is 322 g/mol. The van der Waals surface area contributed by atoms with Crippen LogP contribution in [0.3, 0.4) is 0 Å². The van der Waals surface area contributed by atoms with Crippen LogP contribution in [0.5, 0.6) is 0 Å². The predicted molar refractivity (Wildman–Crippen MR) is 78.4 cm³/mol. The maximum absolute atomic E-state index is 12.7. The lowest BCUT2D eigenvalue weighted by Gasteiger charge is -2.23. The molecule has 1 rings (SSSR count). The Balaban J connectivity index is 3.77. The molecule has 0 saturated carbocycles. The molecule has 6 nitrogen and oxygen atoms in total. The van der Waals surface area contributed by atoms with Crippen LogP contribution in [0.2, 0.25) is 0 Å². The van der Waals surface area contributed by atoms with Gasteiger partial charge in [-0.3, -0.25) is 9.13 Å². The monoisotopic (exact) mass is 322 g/mol. The van der Waals surface area contributed by atoms with E-state index in [1.807, 2.05) is 6.92 Å². The summed E-state index contributed by atoms with van der Waals surface area (Å²) < 4.78 is 45.4. The van der Waals surface area contributed by atoms with Gasteiger partial charge in [-0.05, 0) is 31.0 Å². The molecule has 0 radical (unpaired) electrons. The highest BCUT2D eigenvalue weighted by atomic mass is 31.2. The van der Waals surface area contributed by atoms with Crippen molar-refractivity contribution in [3.8, 4) is 0 Å². The molecule has 20 heavy (non-hydrogen) atoms. The van der Waals surface area contributed by atoms with Crippen molar-refractivity contribution >= 4 is 25.8 Å². The van der Waals surface area contributed by atoms with Crippen molar-refractivity contribution in [3.63, 3.8) is 0 Å². The lowest BCUT2D eigenvalue weighted by Crippen LogP contribution is -2.30. The molecule has 0 aliphatic carbocycles. The van der Waals surface area contributed by atoms with Crippen LogP contribution >= 0.6 is 15.2 Å². The Bertz CT molecular complexity index is 568. The fraction of sp³-hybridized carbons (Fsp3) is 0.500. The van der Waals surface area contributed by atoms with Crippen molar-refractivity contribution in [1.82, 2.24) is 0 Å². The number of benzene rings is 1. The van der Waals surface area contributed by atoms with Crippen LogP contribution in [-0.4, -0.2) is 28.4 Å². The standard InChI is InChI=1S/C12H20O6P2/c1-9-7-8-11(19(13,15-3)16-4)12(10(9)2)20(14,17-5)18-6/h7-8H,1-6H3. The highest BCUT2D eigenvalue weighted by Gasteiger charge is 2.38.